The average Bonchev–Trinajstić information content (AvgIpc) is 2.78. The zero-order chi connectivity index (χ0) is 21.6. The molecule has 0 aromatic heterocycles. The number of nitrogens with one attached hydrogen (secondary N) is 2. The second kappa shape index (κ2) is 10.1. The molecular formula is C22H29N3O4S. The number of sulfonamides is 1. The van der Waals surface area contributed by atoms with Gasteiger partial charge in [-0.15, -0.1) is 0 Å². The highest BCUT2D eigenvalue weighted by Crippen LogP contribution is 2.23. The van der Waals surface area contributed by atoms with Crippen molar-refractivity contribution >= 4 is 15.9 Å². The standard InChI is InChI=1S/C22H29N3O4S/c1-23-22(26)20-14-19(10-11-21(20)29-2)30(27,28)24-15-17-8-4-5-9-18(17)16-25-12-6-3-7-13-25/h4-5,8-11,14,24H,3,6-7,12-13,15-16H2,1-2H3,(H,23,26). The van der Waals surface area contributed by atoms with Gasteiger partial charge in [-0.25, -0.2) is 13.1 Å². The summed E-state index contributed by atoms with van der Waals surface area (Å²) < 4.78 is 33.6. The van der Waals surface area contributed by atoms with Crippen molar-refractivity contribution < 1.29 is 17.9 Å². The SMILES string of the molecule is CNC(=O)c1cc(S(=O)(=O)NCc2ccccc2CN2CCCCC2)ccc1OC. The lowest BCUT2D eigenvalue weighted by Gasteiger charge is -2.27. The highest BCUT2D eigenvalue weighted by Gasteiger charge is 2.20. The number of carbonyl (C=O) groups excluding carboxylic acids is 1. The third-order valence-corrected chi connectivity index (χ3v) is 6.77. The maximum atomic E-state index is 12.9. The van der Waals surface area contributed by atoms with Crippen molar-refractivity contribution in [1.29, 1.82) is 0 Å². The number of ether oxygens (including phenoxy) is 1. The zero-order valence-electron chi connectivity index (χ0n) is 17.5. The van der Waals surface area contributed by atoms with Crippen LogP contribution < -0.4 is 14.8 Å². The minimum atomic E-state index is -3.80. The van der Waals surface area contributed by atoms with Gasteiger partial charge in [0.2, 0.25) is 10.0 Å². The van der Waals surface area contributed by atoms with Crippen LogP contribution in [0.2, 0.25) is 0 Å². The van der Waals surface area contributed by atoms with E-state index in [1.807, 2.05) is 18.2 Å². The Bertz CT molecular complexity index is 986. The number of carbonyl (C=O) groups is 1. The monoisotopic (exact) mass is 431 g/mol. The third-order valence-electron chi connectivity index (χ3n) is 5.37. The van der Waals surface area contributed by atoms with Crippen LogP contribution in [0, 0.1) is 0 Å². The fourth-order valence-corrected chi connectivity index (χ4v) is 4.70. The first-order valence-corrected chi connectivity index (χ1v) is 11.6. The maximum Gasteiger partial charge on any atom is 0.254 e. The predicted molar refractivity (Wildman–Crippen MR) is 116 cm³/mol. The molecule has 162 valence electrons. The molecule has 1 fully saturated rings. The Morgan fingerprint density at radius 3 is 2.43 bits per heavy atom. The molecule has 1 saturated heterocycles. The van der Waals surface area contributed by atoms with Crippen LogP contribution in [0.3, 0.4) is 0 Å². The maximum absolute atomic E-state index is 12.9. The molecule has 0 radical (unpaired) electrons. The van der Waals surface area contributed by atoms with Gasteiger partial charge in [-0.3, -0.25) is 9.69 Å². The van der Waals surface area contributed by atoms with Crippen molar-refractivity contribution in [3.05, 3.63) is 59.2 Å². The highest BCUT2D eigenvalue weighted by atomic mass is 32.2. The van der Waals surface area contributed by atoms with E-state index in [9.17, 15) is 13.2 Å². The van der Waals surface area contributed by atoms with Gasteiger partial charge in [0, 0.05) is 20.1 Å². The smallest absolute Gasteiger partial charge is 0.254 e. The summed E-state index contributed by atoms with van der Waals surface area (Å²) in [6.45, 7) is 3.16. The van der Waals surface area contributed by atoms with Crippen LogP contribution in [-0.2, 0) is 23.1 Å². The van der Waals surface area contributed by atoms with Gasteiger partial charge >= 0.3 is 0 Å². The van der Waals surface area contributed by atoms with Crippen LogP contribution in [0.15, 0.2) is 47.4 Å². The number of nitrogens with zero attached hydrogens (tertiary/aromatic N) is 1. The first kappa shape index (κ1) is 22.3. The molecule has 1 aliphatic heterocycles. The fraction of sp³-hybridized carbons (Fsp3) is 0.409. The summed E-state index contributed by atoms with van der Waals surface area (Å²) in [6, 6.07) is 12.2. The molecule has 3 rings (SSSR count). The van der Waals surface area contributed by atoms with Gasteiger partial charge in [0.15, 0.2) is 0 Å². The number of rotatable bonds is 8. The predicted octanol–water partition coefficient (Wildman–Crippen LogP) is 2.52. The number of hydrogen-bond donors (Lipinski definition) is 2. The van der Waals surface area contributed by atoms with E-state index >= 15 is 0 Å². The third kappa shape index (κ3) is 5.38. The number of benzene rings is 2. The first-order chi connectivity index (χ1) is 14.4. The van der Waals surface area contributed by atoms with Crippen molar-refractivity contribution in [1.82, 2.24) is 14.9 Å². The van der Waals surface area contributed by atoms with Crippen molar-refractivity contribution in [2.75, 3.05) is 27.2 Å². The van der Waals surface area contributed by atoms with E-state index in [1.54, 1.807) is 0 Å². The Hall–Kier alpha value is -2.42. The summed E-state index contributed by atoms with van der Waals surface area (Å²) in [5.41, 5.74) is 2.25. The quantitative estimate of drug-likeness (QED) is 0.671. The molecule has 0 atom stereocenters. The minimum absolute atomic E-state index is 0.0235. The fourth-order valence-electron chi connectivity index (χ4n) is 3.67. The Kier molecular flexibility index (Phi) is 7.47. The first-order valence-electron chi connectivity index (χ1n) is 10.1. The lowest BCUT2D eigenvalue weighted by Crippen LogP contribution is -2.30. The van der Waals surface area contributed by atoms with Crippen molar-refractivity contribution in [3.63, 3.8) is 0 Å². The summed E-state index contributed by atoms with van der Waals surface area (Å²) in [6.07, 6.45) is 3.69. The molecule has 8 heteroatoms. The highest BCUT2D eigenvalue weighted by molar-refractivity contribution is 7.89. The number of piperidine rings is 1. The van der Waals surface area contributed by atoms with Gasteiger partial charge in [-0.2, -0.15) is 0 Å². The van der Waals surface area contributed by atoms with Gasteiger partial charge in [-0.05, 0) is 55.3 Å². The number of amides is 1. The molecule has 1 heterocycles. The number of hydrogen-bond acceptors (Lipinski definition) is 5. The Morgan fingerprint density at radius 2 is 1.77 bits per heavy atom. The van der Waals surface area contributed by atoms with E-state index in [0.717, 1.165) is 30.8 Å². The van der Waals surface area contributed by atoms with Crippen LogP contribution in [0.25, 0.3) is 0 Å². The van der Waals surface area contributed by atoms with Gasteiger partial charge in [0.05, 0.1) is 17.6 Å². The summed E-state index contributed by atoms with van der Waals surface area (Å²) in [5, 5.41) is 2.50. The largest absolute Gasteiger partial charge is 0.496 e. The average molecular weight is 432 g/mol. The van der Waals surface area contributed by atoms with Crippen molar-refractivity contribution in [2.24, 2.45) is 0 Å². The van der Waals surface area contributed by atoms with E-state index in [2.05, 4.69) is 21.0 Å². The van der Waals surface area contributed by atoms with Gasteiger partial charge in [-0.1, -0.05) is 30.7 Å². The van der Waals surface area contributed by atoms with Crippen LogP contribution in [0.1, 0.15) is 40.7 Å². The van der Waals surface area contributed by atoms with E-state index in [1.165, 1.54) is 51.6 Å². The Labute approximate surface area is 178 Å². The zero-order valence-corrected chi connectivity index (χ0v) is 18.3. The van der Waals surface area contributed by atoms with E-state index in [0.29, 0.717) is 5.75 Å². The van der Waals surface area contributed by atoms with Crippen LogP contribution >= 0.6 is 0 Å². The summed E-state index contributed by atoms with van der Waals surface area (Å²) >= 11 is 0. The summed E-state index contributed by atoms with van der Waals surface area (Å²) in [7, 11) is -0.872. The van der Waals surface area contributed by atoms with E-state index in [-0.39, 0.29) is 17.0 Å². The van der Waals surface area contributed by atoms with Gasteiger partial charge < -0.3 is 10.1 Å². The molecule has 7 nitrogen and oxygen atoms in total. The second-order valence-electron chi connectivity index (χ2n) is 7.37. The van der Waals surface area contributed by atoms with E-state index in [4.69, 9.17) is 4.74 Å². The van der Waals surface area contributed by atoms with Gasteiger partial charge in [0.1, 0.15) is 5.75 Å². The normalized spacial score (nSPS) is 15.0. The number of methoxy groups -OCH3 is 1. The lowest BCUT2D eigenvalue weighted by molar-refractivity contribution is 0.0960. The molecule has 2 aromatic rings. The molecule has 1 aliphatic rings. The molecule has 0 bridgehead atoms. The van der Waals surface area contributed by atoms with Gasteiger partial charge in [0.25, 0.3) is 5.91 Å². The number of likely N-dealkylation sites (tertiary alicyclic amines) is 1. The Morgan fingerprint density at radius 1 is 1.07 bits per heavy atom. The molecule has 30 heavy (non-hydrogen) atoms. The molecule has 1 amide bonds. The molecule has 0 unspecified atom stereocenters. The molecule has 0 saturated carbocycles. The lowest BCUT2D eigenvalue weighted by atomic mass is 10.1. The van der Waals surface area contributed by atoms with Crippen LogP contribution in [0.4, 0.5) is 0 Å². The molecule has 2 N–H and O–H groups in total. The summed E-state index contributed by atoms with van der Waals surface area (Å²) in [5.74, 6) is -0.0871. The molecule has 0 aliphatic carbocycles. The Balaban J connectivity index is 1.76. The summed E-state index contributed by atoms with van der Waals surface area (Å²) in [4.78, 5) is 14.5. The molecule has 0 spiro atoms. The molecular weight excluding hydrogens is 402 g/mol. The topological polar surface area (TPSA) is 87.7 Å². The van der Waals surface area contributed by atoms with Crippen molar-refractivity contribution in [3.8, 4) is 5.75 Å². The van der Waals surface area contributed by atoms with E-state index < -0.39 is 15.9 Å². The van der Waals surface area contributed by atoms with Crippen LogP contribution in [-0.4, -0.2) is 46.5 Å². The molecule has 2 aromatic carbocycles. The van der Waals surface area contributed by atoms with Crippen LogP contribution in [0.5, 0.6) is 5.75 Å². The minimum Gasteiger partial charge on any atom is -0.496 e. The van der Waals surface area contributed by atoms with Crippen molar-refractivity contribution in [2.45, 2.75) is 37.2 Å². The second-order valence-corrected chi connectivity index (χ2v) is 9.14.